The Hall–Kier alpha value is -2.72. The number of esters is 1. The normalized spacial score (nSPS) is 15.7. The minimum absolute atomic E-state index is 0.0758. The Kier molecular flexibility index (Phi) is 10.2. The van der Waals surface area contributed by atoms with Gasteiger partial charge in [-0.25, -0.2) is 0 Å². The fourth-order valence-electron chi connectivity index (χ4n) is 2.92. The van der Waals surface area contributed by atoms with Gasteiger partial charge in [0.1, 0.15) is 18.4 Å². The summed E-state index contributed by atoms with van der Waals surface area (Å²) in [5.74, 6) is -0.715. The molecular formula is C21H29N3O6S. The van der Waals surface area contributed by atoms with Gasteiger partial charge in [-0.15, -0.1) is 0 Å². The Morgan fingerprint density at radius 2 is 2.10 bits per heavy atom. The van der Waals surface area contributed by atoms with Gasteiger partial charge in [-0.3, -0.25) is 19.7 Å². The summed E-state index contributed by atoms with van der Waals surface area (Å²) in [4.78, 5) is 38.6. The molecule has 1 fully saturated rings. The number of piperazine rings is 1. The second-order valence-electron chi connectivity index (χ2n) is 6.91. The van der Waals surface area contributed by atoms with Crippen LogP contribution < -0.4 is 15.4 Å². The van der Waals surface area contributed by atoms with E-state index in [4.69, 9.17) is 26.4 Å². The van der Waals surface area contributed by atoms with Crippen LogP contribution in [-0.4, -0.2) is 73.9 Å². The van der Waals surface area contributed by atoms with Gasteiger partial charge in [0.2, 0.25) is 5.91 Å². The van der Waals surface area contributed by atoms with Gasteiger partial charge in [0.05, 0.1) is 19.6 Å². The molecule has 1 unspecified atom stereocenters. The first kappa shape index (κ1) is 24.5. The fourth-order valence-corrected chi connectivity index (χ4v) is 3.23. The van der Waals surface area contributed by atoms with Gasteiger partial charge in [-0.1, -0.05) is 19.4 Å². The molecule has 2 N–H and O–H groups in total. The Bertz CT molecular complexity index is 788. The van der Waals surface area contributed by atoms with Gasteiger partial charge < -0.3 is 24.4 Å². The zero-order valence-electron chi connectivity index (χ0n) is 17.8. The largest absolute Gasteiger partial charge is 0.494 e. The van der Waals surface area contributed by atoms with Crippen LogP contribution in [0.15, 0.2) is 24.3 Å². The molecule has 1 aromatic carbocycles. The van der Waals surface area contributed by atoms with Crippen molar-refractivity contribution in [3.8, 4) is 5.75 Å². The summed E-state index contributed by atoms with van der Waals surface area (Å²) in [6, 6.07) is 5.94. The van der Waals surface area contributed by atoms with Gasteiger partial charge in [-0.05, 0) is 36.8 Å². The van der Waals surface area contributed by atoms with Crippen LogP contribution in [0.3, 0.4) is 0 Å². The highest BCUT2D eigenvalue weighted by Gasteiger charge is 2.34. The van der Waals surface area contributed by atoms with Crippen LogP contribution in [0.25, 0.3) is 0 Å². The minimum Gasteiger partial charge on any atom is -0.494 e. The molecule has 1 aliphatic rings. The molecular weight excluding hydrogens is 422 g/mol. The van der Waals surface area contributed by atoms with Crippen molar-refractivity contribution in [2.24, 2.45) is 0 Å². The molecule has 1 aromatic rings. The van der Waals surface area contributed by atoms with Gasteiger partial charge >= 0.3 is 5.97 Å². The molecule has 0 saturated carbocycles. The van der Waals surface area contributed by atoms with E-state index in [1.54, 1.807) is 24.3 Å². The zero-order chi connectivity index (χ0) is 22.6. The molecule has 0 aromatic heterocycles. The van der Waals surface area contributed by atoms with Crippen LogP contribution in [0.2, 0.25) is 0 Å². The number of unbranched alkanes of at least 4 members (excludes halogenated alkanes) is 1. The molecule has 1 heterocycles. The van der Waals surface area contributed by atoms with Crippen LogP contribution in [0.1, 0.15) is 36.5 Å². The van der Waals surface area contributed by atoms with Crippen molar-refractivity contribution in [1.82, 2.24) is 15.5 Å². The summed E-state index contributed by atoms with van der Waals surface area (Å²) in [7, 11) is 1.50. The van der Waals surface area contributed by atoms with Crippen molar-refractivity contribution in [2.45, 2.75) is 32.2 Å². The van der Waals surface area contributed by atoms with Gasteiger partial charge in [-0.2, -0.15) is 0 Å². The van der Waals surface area contributed by atoms with Crippen LogP contribution in [0.4, 0.5) is 0 Å². The number of carbonyl (C=O) groups is 3. The number of benzene rings is 1. The van der Waals surface area contributed by atoms with Crippen molar-refractivity contribution in [1.29, 1.82) is 0 Å². The highest BCUT2D eigenvalue weighted by Crippen LogP contribution is 2.15. The molecule has 10 heteroatoms. The number of ether oxygens (including phenoxy) is 3. The lowest BCUT2D eigenvalue weighted by molar-refractivity contribution is -0.148. The van der Waals surface area contributed by atoms with Gasteiger partial charge in [0.15, 0.2) is 5.11 Å². The summed E-state index contributed by atoms with van der Waals surface area (Å²) in [5, 5.41) is 5.43. The Morgan fingerprint density at radius 3 is 2.84 bits per heavy atom. The number of nitrogens with one attached hydrogen (secondary N) is 2. The highest BCUT2D eigenvalue weighted by molar-refractivity contribution is 7.80. The zero-order valence-corrected chi connectivity index (χ0v) is 18.7. The number of carbonyl (C=O) groups excluding carboxylic acids is 3. The predicted molar refractivity (Wildman–Crippen MR) is 118 cm³/mol. The number of nitrogens with zero attached hydrogens (tertiary/aromatic N) is 1. The molecule has 0 bridgehead atoms. The van der Waals surface area contributed by atoms with E-state index in [0.717, 1.165) is 12.8 Å². The number of thiocarbonyl (C=S) groups is 1. The van der Waals surface area contributed by atoms with E-state index in [1.165, 1.54) is 12.0 Å². The topological polar surface area (TPSA) is 106 Å². The first-order valence-electron chi connectivity index (χ1n) is 10.2. The number of methoxy groups -OCH3 is 1. The van der Waals surface area contributed by atoms with Crippen LogP contribution in [0.5, 0.6) is 5.75 Å². The Morgan fingerprint density at radius 1 is 1.29 bits per heavy atom. The number of amides is 2. The van der Waals surface area contributed by atoms with Gasteiger partial charge in [0, 0.05) is 25.8 Å². The molecule has 9 nitrogen and oxygen atoms in total. The van der Waals surface area contributed by atoms with Crippen molar-refractivity contribution in [3.63, 3.8) is 0 Å². The molecule has 1 atom stereocenters. The van der Waals surface area contributed by atoms with E-state index < -0.39 is 17.9 Å². The summed E-state index contributed by atoms with van der Waals surface area (Å²) >= 11 is 5.37. The summed E-state index contributed by atoms with van der Waals surface area (Å²) in [6.07, 6.45) is 1.75. The maximum atomic E-state index is 12.7. The maximum Gasteiger partial charge on any atom is 0.308 e. The monoisotopic (exact) mass is 451 g/mol. The van der Waals surface area contributed by atoms with E-state index in [1.807, 2.05) is 0 Å². The van der Waals surface area contributed by atoms with E-state index in [0.29, 0.717) is 31.0 Å². The molecule has 2 amide bonds. The van der Waals surface area contributed by atoms with E-state index in [9.17, 15) is 14.4 Å². The lowest BCUT2D eigenvalue weighted by Crippen LogP contribution is -2.60. The second-order valence-corrected chi connectivity index (χ2v) is 7.29. The first-order chi connectivity index (χ1) is 15.0. The average Bonchev–Trinajstić information content (AvgIpc) is 2.75. The van der Waals surface area contributed by atoms with E-state index >= 15 is 0 Å². The molecule has 2 rings (SSSR count). The molecule has 1 saturated heterocycles. The summed E-state index contributed by atoms with van der Waals surface area (Å²) in [6.45, 7) is 3.72. The lowest BCUT2D eigenvalue weighted by Gasteiger charge is -2.36. The highest BCUT2D eigenvalue weighted by atomic mass is 32.1. The number of hydrogen-bond acceptors (Lipinski definition) is 7. The van der Waals surface area contributed by atoms with Crippen molar-refractivity contribution in [3.05, 3.63) is 29.8 Å². The third-order valence-electron chi connectivity index (χ3n) is 4.59. The third-order valence-corrected chi connectivity index (χ3v) is 4.92. The van der Waals surface area contributed by atoms with E-state index in [-0.39, 0.29) is 30.7 Å². The van der Waals surface area contributed by atoms with Crippen molar-refractivity contribution < 1.29 is 28.6 Å². The quantitative estimate of drug-likeness (QED) is 0.311. The Labute approximate surface area is 187 Å². The SMILES string of the molecule is CCCCOc1cccc(C(=O)NC(=S)N2CCNC(=O)C2CC(=O)OCCOC)c1. The first-order valence-corrected chi connectivity index (χ1v) is 10.6. The molecule has 0 radical (unpaired) electrons. The average molecular weight is 452 g/mol. The van der Waals surface area contributed by atoms with Gasteiger partial charge in [0.25, 0.3) is 5.91 Å². The molecule has 0 aliphatic carbocycles. The smallest absolute Gasteiger partial charge is 0.308 e. The molecule has 31 heavy (non-hydrogen) atoms. The van der Waals surface area contributed by atoms with Crippen LogP contribution >= 0.6 is 12.2 Å². The standard InChI is InChI=1S/C21H29N3O6S/c1-3-4-10-29-16-7-5-6-15(13-16)19(26)23-21(31)24-9-8-22-20(27)17(24)14-18(25)30-12-11-28-2/h5-7,13,17H,3-4,8-12,14H2,1-2H3,(H,22,27)(H,23,26,31). The van der Waals surface area contributed by atoms with Crippen molar-refractivity contribution >= 4 is 35.1 Å². The summed E-state index contributed by atoms with van der Waals surface area (Å²) < 4.78 is 15.5. The Balaban J connectivity index is 1.99. The second kappa shape index (κ2) is 12.9. The molecule has 170 valence electrons. The lowest BCUT2D eigenvalue weighted by atomic mass is 10.1. The summed E-state index contributed by atoms with van der Waals surface area (Å²) in [5.41, 5.74) is 0.383. The number of rotatable bonds is 10. The number of hydrogen-bond donors (Lipinski definition) is 2. The van der Waals surface area contributed by atoms with Crippen LogP contribution in [-0.2, 0) is 19.1 Å². The molecule has 0 spiro atoms. The molecule has 1 aliphatic heterocycles. The fraction of sp³-hybridized carbons (Fsp3) is 0.524. The maximum absolute atomic E-state index is 12.7. The van der Waals surface area contributed by atoms with E-state index in [2.05, 4.69) is 17.6 Å². The predicted octanol–water partition coefficient (Wildman–Crippen LogP) is 1.26. The minimum atomic E-state index is -0.861. The van der Waals surface area contributed by atoms with Crippen molar-refractivity contribution in [2.75, 3.05) is 40.0 Å². The third kappa shape index (κ3) is 7.80. The van der Waals surface area contributed by atoms with Crippen LogP contribution in [0, 0.1) is 0 Å².